The van der Waals surface area contributed by atoms with Gasteiger partial charge in [-0.15, -0.1) is 11.8 Å². The van der Waals surface area contributed by atoms with E-state index in [9.17, 15) is 9.59 Å². The SMILES string of the molecule is O=C1CC(c2ccc(N3CCCCC3)cc2)(c2ccsc2)NC(=O)C1Sc1ccccc1Cl. The minimum atomic E-state index is -0.855. The quantitative estimate of drug-likeness (QED) is 0.448. The fourth-order valence-corrected chi connectivity index (χ4v) is 6.71. The molecular weight excluding hydrogens is 472 g/mol. The summed E-state index contributed by atoms with van der Waals surface area (Å²) in [6, 6.07) is 17.7. The molecule has 33 heavy (non-hydrogen) atoms. The molecule has 2 saturated heterocycles. The van der Waals surface area contributed by atoms with Gasteiger partial charge in [0.2, 0.25) is 5.91 Å². The molecule has 3 heterocycles. The van der Waals surface area contributed by atoms with E-state index >= 15 is 0 Å². The van der Waals surface area contributed by atoms with Crippen molar-refractivity contribution in [1.82, 2.24) is 5.32 Å². The van der Waals surface area contributed by atoms with Crippen molar-refractivity contribution in [3.8, 4) is 0 Å². The van der Waals surface area contributed by atoms with Gasteiger partial charge in [-0.1, -0.05) is 35.9 Å². The van der Waals surface area contributed by atoms with Crippen molar-refractivity contribution in [3.05, 3.63) is 81.5 Å². The van der Waals surface area contributed by atoms with Crippen LogP contribution in [0.3, 0.4) is 0 Å². The van der Waals surface area contributed by atoms with Crippen molar-refractivity contribution >= 4 is 52.1 Å². The van der Waals surface area contributed by atoms with E-state index in [1.807, 2.05) is 35.0 Å². The van der Waals surface area contributed by atoms with E-state index in [1.165, 1.54) is 36.7 Å². The molecule has 4 nitrogen and oxygen atoms in total. The third-order valence-corrected chi connectivity index (χ3v) is 8.93. The second kappa shape index (κ2) is 9.53. The highest BCUT2D eigenvalue weighted by atomic mass is 35.5. The molecule has 1 N–H and O–H groups in total. The number of carbonyl (C=O) groups excluding carboxylic acids is 2. The molecule has 2 fully saturated rings. The van der Waals surface area contributed by atoms with Gasteiger partial charge in [0.05, 0.1) is 10.6 Å². The van der Waals surface area contributed by atoms with E-state index in [1.54, 1.807) is 17.4 Å². The van der Waals surface area contributed by atoms with Crippen molar-refractivity contribution in [2.24, 2.45) is 0 Å². The first kappa shape index (κ1) is 22.5. The maximum atomic E-state index is 13.4. The minimum Gasteiger partial charge on any atom is -0.372 e. The molecular formula is C26H25ClN2O2S2. The maximum Gasteiger partial charge on any atom is 0.242 e. The second-order valence-corrected chi connectivity index (χ2v) is 10.9. The van der Waals surface area contributed by atoms with Crippen molar-refractivity contribution < 1.29 is 9.59 Å². The summed E-state index contributed by atoms with van der Waals surface area (Å²) in [7, 11) is 0. The number of amides is 1. The van der Waals surface area contributed by atoms with Crippen LogP contribution >= 0.6 is 34.7 Å². The van der Waals surface area contributed by atoms with Crippen molar-refractivity contribution in [3.63, 3.8) is 0 Å². The Morgan fingerprint density at radius 3 is 2.39 bits per heavy atom. The Labute approximate surface area is 207 Å². The molecule has 5 rings (SSSR count). The number of Topliss-reactive ketones (excluding diaryl/α,β-unsaturated/α-hetero) is 1. The van der Waals surface area contributed by atoms with Crippen molar-refractivity contribution in [1.29, 1.82) is 0 Å². The van der Waals surface area contributed by atoms with Gasteiger partial charge in [-0.3, -0.25) is 9.59 Å². The van der Waals surface area contributed by atoms with Crippen LogP contribution in [-0.4, -0.2) is 30.0 Å². The molecule has 0 radical (unpaired) electrons. The zero-order valence-corrected chi connectivity index (χ0v) is 20.5. The van der Waals surface area contributed by atoms with E-state index in [4.69, 9.17) is 11.6 Å². The van der Waals surface area contributed by atoms with E-state index in [-0.39, 0.29) is 18.1 Å². The van der Waals surface area contributed by atoms with Crippen molar-refractivity contribution in [2.75, 3.05) is 18.0 Å². The second-order valence-electron chi connectivity index (χ2n) is 8.57. The van der Waals surface area contributed by atoms with Crippen LogP contribution < -0.4 is 10.2 Å². The summed E-state index contributed by atoms with van der Waals surface area (Å²) in [5.74, 6) is -0.363. The summed E-state index contributed by atoms with van der Waals surface area (Å²) >= 11 is 9.08. The number of hydrogen-bond acceptors (Lipinski definition) is 5. The highest BCUT2D eigenvalue weighted by molar-refractivity contribution is 8.01. The van der Waals surface area contributed by atoms with Crippen LogP contribution in [0.1, 0.15) is 36.8 Å². The van der Waals surface area contributed by atoms with E-state index in [0.29, 0.717) is 5.02 Å². The molecule has 0 saturated carbocycles. The van der Waals surface area contributed by atoms with E-state index in [0.717, 1.165) is 29.1 Å². The predicted octanol–water partition coefficient (Wildman–Crippen LogP) is 5.89. The molecule has 1 amide bonds. The third kappa shape index (κ3) is 4.44. The number of thiophene rings is 1. The van der Waals surface area contributed by atoms with Gasteiger partial charge in [0.25, 0.3) is 0 Å². The number of anilines is 1. The number of nitrogens with one attached hydrogen (secondary N) is 1. The Hall–Kier alpha value is -2.28. The Morgan fingerprint density at radius 1 is 0.970 bits per heavy atom. The lowest BCUT2D eigenvalue weighted by Gasteiger charge is -2.40. The predicted molar refractivity (Wildman–Crippen MR) is 136 cm³/mol. The zero-order valence-electron chi connectivity index (χ0n) is 18.1. The number of rotatable bonds is 5. The van der Waals surface area contributed by atoms with Gasteiger partial charge in [-0.2, -0.15) is 11.3 Å². The monoisotopic (exact) mass is 496 g/mol. The smallest absolute Gasteiger partial charge is 0.242 e. The first-order chi connectivity index (χ1) is 16.1. The lowest BCUT2D eigenvalue weighted by atomic mass is 9.77. The summed E-state index contributed by atoms with van der Waals surface area (Å²) in [6.45, 7) is 2.15. The number of carbonyl (C=O) groups is 2. The summed E-state index contributed by atoms with van der Waals surface area (Å²) < 4.78 is 0. The molecule has 0 bridgehead atoms. The molecule has 7 heteroatoms. The first-order valence-corrected chi connectivity index (χ1v) is 13.4. The summed E-state index contributed by atoms with van der Waals surface area (Å²) in [5, 5.41) is 6.98. The molecule has 3 aromatic rings. The molecule has 170 valence electrons. The topological polar surface area (TPSA) is 49.4 Å². The van der Waals surface area contributed by atoms with Crippen LogP contribution in [0.15, 0.2) is 70.3 Å². The number of halogens is 1. The van der Waals surface area contributed by atoms with Gasteiger partial charge in [0, 0.05) is 30.1 Å². The number of piperidine rings is 2. The van der Waals surface area contributed by atoms with Crippen LogP contribution in [0, 0.1) is 0 Å². The Bertz CT molecular complexity index is 1120. The maximum absolute atomic E-state index is 13.4. The number of thioether (sulfide) groups is 1. The highest BCUT2D eigenvalue weighted by Gasteiger charge is 2.47. The normalized spacial score (nSPS) is 23.4. The lowest BCUT2D eigenvalue weighted by Crippen LogP contribution is -2.57. The van der Waals surface area contributed by atoms with Gasteiger partial charge < -0.3 is 10.2 Å². The Morgan fingerprint density at radius 2 is 1.73 bits per heavy atom. The molecule has 2 atom stereocenters. The number of hydrogen-bond donors (Lipinski definition) is 1. The fourth-order valence-electron chi connectivity index (χ4n) is 4.74. The Balaban J connectivity index is 1.45. The van der Waals surface area contributed by atoms with Crippen LogP contribution in [0.4, 0.5) is 5.69 Å². The molecule has 2 unspecified atom stereocenters. The van der Waals surface area contributed by atoms with E-state index < -0.39 is 10.8 Å². The molecule has 1 aromatic heterocycles. The van der Waals surface area contributed by atoms with Crippen LogP contribution in [0.5, 0.6) is 0 Å². The van der Waals surface area contributed by atoms with Crippen LogP contribution in [0.2, 0.25) is 5.02 Å². The molecule has 2 aromatic carbocycles. The zero-order chi connectivity index (χ0) is 22.8. The minimum absolute atomic E-state index is 0.0880. The number of ketones is 1. The third-order valence-electron chi connectivity index (χ3n) is 6.48. The van der Waals surface area contributed by atoms with Gasteiger partial charge in [-0.05, 0) is 71.5 Å². The standard InChI is InChI=1S/C26H25ClN2O2S2/c27-21-6-2-3-7-23(21)33-24-22(30)16-26(28-25(24)31,19-12-15-32-17-19)18-8-10-20(11-9-18)29-13-4-1-5-14-29/h2-3,6-12,15,17,24H,1,4-5,13-14,16H2,(H,28,31). The first-order valence-electron chi connectivity index (χ1n) is 11.2. The van der Waals surface area contributed by atoms with Gasteiger partial charge in [-0.25, -0.2) is 0 Å². The average Bonchev–Trinajstić information content (AvgIpc) is 3.39. The van der Waals surface area contributed by atoms with Crippen LogP contribution in [-0.2, 0) is 15.1 Å². The average molecular weight is 497 g/mol. The number of nitrogens with zero attached hydrogens (tertiary/aromatic N) is 1. The summed E-state index contributed by atoms with van der Waals surface area (Å²) in [5.41, 5.74) is 2.22. The molecule has 2 aliphatic heterocycles. The largest absolute Gasteiger partial charge is 0.372 e. The van der Waals surface area contributed by atoms with Gasteiger partial charge in [0.15, 0.2) is 5.78 Å². The molecule has 0 spiro atoms. The Kier molecular flexibility index (Phi) is 6.50. The van der Waals surface area contributed by atoms with E-state index in [2.05, 4.69) is 34.5 Å². The lowest BCUT2D eigenvalue weighted by molar-refractivity contribution is -0.132. The van der Waals surface area contributed by atoms with Gasteiger partial charge in [0.1, 0.15) is 5.25 Å². The summed E-state index contributed by atoms with van der Waals surface area (Å²) in [4.78, 5) is 29.9. The summed E-state index contributed by atoms with van der Waals surface area (Å²) in [6.07, 6.45) is 3.93. The molecule has 0 aliphatic carbocycles. The van der Waals surface area contributed by atoms with Crippen LogP contribution in [0.25, 0.3) is 0 Å². The van der Waals surface area contributed by atoms with Gasteiger partial charge >= 0.3 is 0 Å². The molecule has 2 aliphatic rings. The fraction of sp³-hybridized carbons (Fsp3) is 0.308. The number of benzene rings is 2. The highest BCUT2D eigenvalue weighted by Crippen LogP contribution is 2.42. The van der Waals surface area contributed by atoms with Crippen molar-refractivity contribution in [2.45, 2.75) is 41.4 Å².